The predicted octanol–water partition coefficient (Wildman–Crippen LogP) is 3.98. The van der Waals surface area contributed by atoms with Crippen LogP contribution in [0.2, 0.25) is 0 Å². The number of aliphatic carboxylic acids is 1. The first-order chi connectivity index (χ1) is 19.0. The summed E-state index contributed by atoms with van der Waals surface area (Å²) < 4.78 is 13.5. The summed E-state index contributed by atoms with van der Waals surface area (Å²) in [5.41, 5.74) is -0.908. The zero-order valence-electron chi connectivity index (χ0n) is 23.7. The molecule has 10 atom stereocenters. The van der Waals surface area contributed by atoms with E-state index < -0.39 is 53.8 Å². The lowest BCUT2D eigenvalue weighted by Gasteiger charge is -2.58. The van der Waals surface area contributed by atoms with Crippen LogP contribution in [0.25, 0.3) is 0 Å². The van der Waals surface area contributed by atoms with Crippen LogP contribution >= 0.6 is 0 Å². The first kappa shape index (κ1) is 28.3. The van der Waals surface area contributed by atoms with Crippen molar-refractivity contribution in [3.05, 3.63) is 23.8 Å². The second-order valence-electron chi connectivity index (χ2n) is 13.9. The molecule has 0 aromatic heterocycles. The van der Waals surface area contributed by atoms with E-state index in [0.29, 0.717) is 18.3 Å². The Morgan fingerprint density at radius 3 is 2.55 bits per heavy atom. The highest BCUT2D eigenvalue weighted by Gasteiger charge is 2.75. The molecule has 6 rings (SSSR count). The summed E-state index contributed by atoms with van der Waals surface area (Å²) in [6.45, 7) is 3.74. The standard InChI is InChI=1S/C32H44O8/c1-30-12-10-21(34)15-20(30)8-9-22-23(30)11-13-31(2)24(22)16-26-32(31,27(36)25(35)14-19(17-33)28(37)38)40-29(39-26)18-6-4-3-5-7-18/h10,12,15,18-19,22-26,29,33,35H,3-9,11,13-14,16-17H2,1-2H3,(H,37,38)/t19?,22-,23+,24+,25?,26?,29?,30+,31+,32+/m1/s1. The highest BCUT2D eigenvalue weighted by Crippen LogP contribution is 2.70. The van der Waals surface area contributed by atoms with Crippen molar-refractivity contribution in [3.63, 3.8) is 0 Å². The van der Waals surface area contributed by atoms with E-state index in [1.165, 1.54) is 12.0 Å². The molecule has 8 nitrogen and oxygen atoms in total. The van der Waals surface area contributed by atoms with Crippen molar-refractivity contribution in [1.82, 2.24) is 0 Å². The number of fused-ring (bicyclic) bond motifs is 7. The first-order valence-electron chi connectivity index (χ1n) is 15.4. The third-order valence-corrected chi connectivity index (χ3v) is 12.1. The van der Waals surface area contributed by atoms with Crippen LogP contribution in [0.5, 0.6) is 0 Å². The summed E-state index contributed by atoms with van der Waals surface area (Å²) in [7, 11) is 0. The topological polar surface area (TPSA) is 130 Å². The molecule has 1 aliphatic heterocycles. The molecule has 40 heavy (non-hydrogen) atoms. The number of aliphatic hydroxyl groups is 2. The number of ether oxygens (including phenoxy) is 2. The summed E-state index contributed by atoms with van der Waals surface area (Å²) in [6.07, 6.45) is 12.1. The van der Waals surface area contributed by atoms with Gasteiger partial charge in [0.25, 0.3) is 0 Å². The van der Waals surface area contributed by atoms with Crippen molar-refractivity contribution in [2.75, 3.05) is 6.61 Å². The number of hydrogen-bond acceptors (Lipinski definition) is 7. The Bertz CT molecular complexity index is 1120. The van der Waals surface area contributed by atoms with Crippen LogP contribution in [0.1, 0.15) is 84.5 Å². The maximum absolute atomic E-state index is 14.4. The molecule has 6 aliphatic rings. The highest BCUT2D eigenvalue weighted by molar-refractivity contribution is 6.01. The third-order valence-electron chi connectivity index (χ3n) is 12.1. The van der Waals surface area contributed by atoms with Crippen LogP contribution in [0.3, 0.4) is 0 Å². The zero-order valence-corrected chi connectivity index (χ0v) is 23.7. The zero-order chi connectivity index (χ0) is 28.4. The van der Waals surface area contributed by atoms with Crippen molar-refractivity contribution < 1.29 is 39.2 Å². The molecule has 5 fully saturated rings. The molecule has 5 aliphatic carbocycles. The van der Waals surface area contributed by atoms with Gasteiger partial charge in [0.2, 0.25) is 0 Å². The molecule has 0 bridgehead atoms. The molecule has 0 amide bonds. The Kier molecular flexibility index (Phi) is 7.17. The van der Waals surface area contributed by atoms with E-state index in [2.05, 4.69) is 19.9 Å². The van der Waals surface area contributed by atoms with Gasteiger partial charge in [-0.25, -0.2) is 0 Å². The molecule has 220 valence electrons. The number of allylic oxidation sites excluding steroid dienone is 4. The minimum absolute atomic E-state index is 0.0543. The lowest BCUT2D eigenvalue weighted by Crippen LogP contribution is -2.62. The molecule has 0 aromatic carbocycles. The average molecular weight is 557 g/mol. The molecule has 0 spiro atoms. The fourth-order valence-corrected chi connectivity index (χ4v) is 9.90. The van der Waals surface area contributed by atoms with Gasteiger partial charge in [-0.1, -0.05) is 44.8 Å². The van der Waals surface area contributed by atoms with E-state index in [-0.39, 0.29) is 29.5 Å². The summed E-state index contributed by atoms with van der Waals surface area (Å²) in [5.74, 6) is -1.89. The van der Waals surface area contributed by atoms with Crippen molar-refractivity contribution in [2.45, 2.75) is 109 Å². The Morgan fingerprint density at radius 2 is 1.85 bits per heavy atom. The molecule has 4 unspecified atom stereocenters. The van der Waals surface area contributed by atoms with Crippen LogP contribution in [0, 0.1) is 40.4 Å². The van der Waals surface area contributed by atoms with E-state index in [4.69, 9.17) is 9.47 Å². The van der Waals surface area contributed by atoms with Gasteiger partial charge < -0.3 is 24.8 Å². The molecular formula is C32H44O8. The van der Waals surface area contributed by atoms with Crippen molar-refractivity contribution in [2.24, 2.45) is 40.4 Å². The van der Waals surface area contributed by atoms with Crippen molar-refractivity contribution in [1.29, 1.82) is 0 Å². The number of hydrogen-bond donors (Lipinski definition) is 3. The number of aliphatic hydroxyl groups excluding tert-OH is 2. The Labute approximate surface area is 236 Å². The number of carbonyl (C=O) groups excluding carboxylic acids is 2. The fourth-order valence-electron chi connectivity index (χ4n) is 9.90. The molecule has 3 N–H and O–H groups in total. The van der Waals surface area contributed by atoms with Crippen LogP contribution in [-0.4, -0.2) is 63.6 Å². The summed E-state index contributed by atoms with van der Waals surface area (Å²) in [5, 5.41) is 30.3. The van der Waals surface area contributed by atoms with Gasteiger partial charge in [0.1, 0.15) is 6.10 Å². The minimum atomic E-state index is -1.57. The van der Waals surface area contributed by atoms with Crippen LogP contribution in [0.4, 0.5) is 0 Å². The van der Waals surface area contributed by atoms with Gasteiger partial charge >= 0.3 is 5.97 Å². The summed E-state index contributed by atoms with van der Waals surface area (Å²) in [6, 6.07) is 0. The molecule has 0 radical (unpaired) electrons. The Hall–Kier alpha value is -1.87. The average Bonchev–Trinajstić information content (AvgIpc) is 3.44. The summed E-state index contributed by atoms with van der Waals surface area (Å²) in [4.78, 5) is 38.2. The Balaban J connectivity index is 1.34. The number of carboxylic acids is 1. The predicted molar refractivity (Wildman–Crippen MR) is 145 cm³/mol. The number of carboxylic acid groups (broad SMARTS) is 1. The first-order valence-corrected chi connectivity index (χ1v) is 15.4. The Morgan fingerprint density at radius 1 is 1.10 bits per heavy atom. The van der Waals surface area contributed by atoms with Crippen LogP contribution < -0.4 is 0 Å². The minimum Gasteiger partial charge on any atom is -0.481 e. The lowest BCUT2D eigenvalue weighted by atomic mass is 9.47. The molecule has 1 saturated heterocycles. The van der Waals surface area contributed by atoms with E-state index in [1.807, 2.05) is 6.08 Å². The molecule has 0 aromatic rings. The maximum atomic E-state index is 14.4. The van der Waals surface area contributed by atoms with E-state index in [9.17, 15) is 29.7 Å². The maximum Gasteiger partial charge on any atom is 0.308 e. The van der Waals surface area contributed by atoms with E-state index in [0.717, 1.165) is 51.4 Å². The number of Topliss-reactive ketones (excluding diaryl/α,β-unsaturated/α-hetero) is 1. The van der Waals surface area contributed by atoms with Gasteiger partial charge in [-0.15, -0.1) is 0 Å². The van der Waals surface area contributed by atoms with Gasteiger partial charge in [0.05, 0.1) is 18.6 Å². The summed E-state index contributed by atoms with van der Waals surface area (Å²) >= 11 is 0. The van der Waals surface area contributed by atoms with Gasteiger partial charge in [-0.05, 0) is 81.3 Å². The molecule has 8 heteroatoms. The second kappa shape index (κ2) is 10.1. The lowest BCUT2D eigenvalue weighted by molar-refractivity contribution is -0.200. The third kappa shape index (κ3) is 4.03. The second-order valence-corrected chi connectivity index (χ2v) is 13.9. The number of carbonyl (C=O) groups is 3. The SMILES string of the molecule is C[C@]12C=CC(=O)C=C1CC[C@@H]1[C@@H]2CC[C@@]2(C)[C@H]1CC1OC(C3CCCCC3)O[C@]12C(=O)C(O)CC(CO)C(=O)O. The largest absolute Gasteiger partial charge is 0.481 e. The number of rotatable bonds is 7. The number of ketones is 2. The van der Waals surface area contributed by atoms with Gasteiger partial charge in [-0.3, -0.25) is 14.4 Å². The molecule has 4 saturated carbocycles. The highest BCUT2D eigenvalue weighted by atomic mass is 16.7. The van der Waals surface area contributed by atoms with Crippen molar-refractivity contribution >= 4 is 17.5 Å². The normalized spacial score (nSPS) is 44.1. The van der Waals surface area contributed by atoms with Crippen LogP contribution in [-0.2, 0) is 23.9 Å². The quantitative estimate of drug-likeness (QED) is 0.429. The smallest absolute Gasteiger partial charge is 0.308 e. The van der Waals surface area contributed by atoms with E-state index in [1.54, 1.807) is 6.08 Å². The van der Waals surface area contributed by atoms with Crippen LogP contribution in [0.15, 0.2) is 23.8 Å². The molecule has 1 heterocycles. The monoisotopic (exact) mass is 556 g/mol. The van der Waals surface area contributed by atoms with Gasteiger partial charge in [0, 0.05) is 16.7 Å². The van der Waals surface area contributed by atoms with Crippen molar-refractivity contribution in [3.8, 4) is 0 Å². The fraction of sp³-hybridized carbons (Fsp3) is 0.781. The van der Waals surface area contributed by atoms with Gasteiger partial charge in [0.15, 0.2) is 23.5 Å². The van der Waals surface area contributed by atoms with E-state index >= 15 is 0 Å². The van der Waals surface area contributed by atoms with Gasteiger partial charge in [-0.2, -0.15) is 0 Å². The molecular weight excluding hydrogens is 512 g/mol.